The zero-order valence-electron chi connectivity index (χ0n) is 7.28. The van der Waals surface area contributed by atoms with E-state index in [1.807, 2.05) is 0 Å². The minimum Gasteiger partial charge on any atom is -0.292 e. The van der Waals surface area contributed by atoms with Crippen LogP contribution in [0.1, 0.15) is 19.3 Å². The lowest BCUT2D eigenvalue weighted by Gasteiger charge is -2.22. The molecule has 0 atom stereocenters. The van der Waals surface area contributed by atoms with Crippen LogP contribution in [-0.2, 0) is 0 Å². The Labute approximate surface area is 84.4 Å². The van der Waals surface area contributed by atoms with Crippen molar-refractivity contribution in [3.05, 3.63) is 0 Å². The molecule has 0 aliphatic heterocycles. The molecule has 5 heteroatoms. The van der Waals surface area contributed by atoms with Crippen LogP contribution >= 0.6 is 15.9 Å². The summed E-state index contributed by atoms with van der Waals surface area (Å²) in [5, 5.41) is 0.772. The fourth-order valence-electron chi connectivity index (χ4n) is 1.32. The number of hydrogen-bond donors (Lipinski definition) is 0. The Kier molecular flexibility index (Phi) is 4.04. The van der Waals surface area contributed by atoms with E-state index in [0.29, 0.717) is 6.54 Å². The number of rotatable bonds is 5. The van der Waals surface area contributed by atoms with Crippen LogP contribution in [0.4, 0.5) is 13.2 Å². The average molecular weight is 260 g/mol. The Morgan fingerprint density at radius 1 is 1.31 bits per heavy atom. The second-order valence-corrected chi connectivity index (χ2v) is 4.15. The van der Waals surface area contributed by atoms with Crippen LogP contribution < -0.4 is 0 Å². The largest absolute Gasteiger partial charge is 0.401 e. The molecular weight excluding hydrogens is 247 g/mol. The minimum atomic E-state index is -4.05. The van der Waals surface area contributed by atoms with Crippen LogP contribution in [-0.4, -0.2) is 35.5 Å². The summed E-state index contributed by atoms with van der Waals surface area (Å²) in [5.41, 5.74) is 0. The topological polar surface area (TPSA) is 3.24 Å². The fourth-order valence-corrected chi connectivity index (χ4v) is 1.57. The molecule has 0 saturated heterocycles. The highest BCUT2D eigenvalue weighted by atomic mass is 79.9. The lowest BCUT2D eigenvalue weighted by molar-refractivity contribution is -0.147. The van der Waals surface area contributed by atoms with Gasteiger partial charge in [0.25, 0.3) is 0 Å². The molecule has 0 radical (unpaired) electrons. The zero-order valence-corrected chi connectivity index (χ0v) is 8.87. The van der Waals surface area contributed by atoms with Crippen molar-refractivity contribution in [2.45, 2.75) is 31.5 Å². The van der Waals surface area contributed by atoms with E-state index in [1.54, 1.807) is 4.90 Å². The van der Waals surface area contributed by atoms with Crippen LogP contribution in [0.15, 0.2) is 0 Å². The summed E-state index contributed by atoms with van der Waals surface area (Å²) in [6.07, 6.45) is -1.40. The molecule has 0 aromatic heterocycles. The first-order valence-electron chi connectivity index (χ1n) is 4.39. The second kappa shape index (κ2) is 4.64. The van der Waals surface area contributed by atoms with E-state index in [2.05, 4.69) is 15.9 Å². The summed E-state index contributed by atoms with van der Waals surface area (Å²) in [5.74, 6) is 0. The van der Waals surface area contributed by atoms with Gasteiger partial charge in [-0.25, -0.2) is 0 Å². The maximum atomic E-state index is 12.1. The normalized spacial score (nSPS) is 18.2. The van der Waals surface area contributed by atoms with Gasteiger partial charge < -0.3 is 0 Å². The summed E-state index contributed by atoms with van der Waals surface area (Å²) >= 11 is 3.22. The number of nitrogens with zero attached hydrogens (tertiary/aromatic N) is 1. The van der Waals surface area contributed by atoms with E-state index >= 15 is 0 Å². The summed E-state index contributed by atoms with van der Waals surface area (Å²) in [4.78, 5) is 1.54. The third-order valence-corrected chi connectivity index (χ3v) is 2.59. The van der Waals surface area contributed by atoms with E-state index in [1.165, 1.54) is 0 Å². The molecule has 0 N–H and O–H groups in total. The van der Waals surface area contributed by atoms with Gasteiger partial charge in [-0.3, -0.25) is 4.90 Å². The van der Waals surface area contributed by atoms with Crippen LogP contribution in [0, 0.1) is 0 Å². The third-order valence-electron chi connectivity index (χ3n) is 2.02. The van der Waals surface area contributed by atoms with Gasteiger partial charge in [-0.15, -0.1) is 0 Å². The van der Waals surface area contributed by atoms with Gasteiger partial charge in [-0.05, 0) is 25.8 Å². The van der Waals surface area contributed by atoms with Gasteiger partial charge in [0.1, 0.15) is 0 Å². The van der Waals surface area contributed by atoms with Gasteiger partial charge in [-0.1, -0.05) is 15.9 Å². The molecular formula is C8H13BrF3N. The predicted molar refractivity (Wildman–Crippen MR) is 49.1 cm³/mol. The first-order valence-corrected chi connectivity index (χ1v) is 5.52. The van der Waals surface area contributed by atoms with Crippen molar-refractivity contribution < 1.29 is 13.2 Å². The van der Waals surface area contributed by atoms with E-state index in [0.717, 1.165) is 24.6 Å². The Morgan fingerprint density at radius 2 is 1.92 bits per heavy atom. The molecule has 78 valence electrons. The van der Waals surface area contributed by atoms with Crippen LogP contribution in [0.2, 0.25) is 0 Å². The van der Waals surface area contributed by atoms with Gasteiger partial charge in [0.2, 0.25) is 0 Å². The highest BCUT2D eigenvalue weighted by Gasteiger charge is 2.37. The molecule has 13 heavy (non-hydrogen) atoms. The average Bonchev–Trinajstić information content (AvgIpc) is 2.77. The van der Waals surface area contributed by atoms with Crippen molar-refractivity contribution in [2.24, 2.45) is 0 Å². The Morgan fingerprint density at radius 3 is 2.31 bits per heavy atom. The van der Waals surface area contributed by atoms with Crippen LogP contribution in [0.3, 0.4) is 0 Å². The van der Waals surface area contributed by atoms with Crippen molar-refractivity contribution in [3.8, 4) is 0 Å². The number of halogens is 4. The monoisotopic (exact) mass is 259 g/mol. The Hall–Kier alpha value is 0.230. The molecule has 1 saturated carbocycles. The van der Waals surface area contributed by atoms with E-state index < -0.39 is 12.7 Å². The molecule has 0 heterocycles. The summed E-state index contributed by atoms with van der Waals surface area (Å²) in [6, 6.07) is 0.195. The summed E-state index contributed by atoms with van der Waals surface area (Å²) < 4.78 is 36.2. The Balaban J connectivity index is 2.29. The molecule has 0 aromatic carbocycles. The first kappa shape index (κ1) is 11.3. The molecule has 1 aliphatic carbocycles. The highest BCUT2D eigenvalue weighted by molar-refractivity contribution is 9.09. The number of hydrogen-bond acceptors (Lipinski definition) is 1. The SMILES string of the molecule is FC(F)(F)CN(CCCBr)C1CC1. The van der Waals surface area contributed by atoms with Gasteiger partial charge in [-0.2, -0.15) is 13.2 Å². The lowest BCUT2D eigenvalue weighted by Crippen LogP contribution is -2.36. The van der Waals surface area contributed by atoms with E-state index in [4.69, 9.17) is 0 Å². The van der Waals surface area contributed by atoms with Crippen LogP contribution in [0.25, 0.3) is 0 Å². The third kappa shape index (κ3) is 4.86. The molecule has 1 aliphatic rings. The first-order chi connectivity index (χ1) is 6.03. The molecule has 1 rings (SSSR count). The maximum absolute atomic E-state index is 12.1. The molecule has 0 unspecified atom stereocenters. The summed E-state index contributed by atoms with van der Waals surface area (Å²) in [7, 11) is 0. The van der Waals surface area contributed by atoms with Crippen molar-refractivity contribution in [1.82, 2.24) is 4.90 Å². The predicted octanol–water partition coefficient (Wildman–Crippen LogP) is 2.80. The molecule has 0 amide bonds. The van der Waals surface area contributed by atoms with Gasteiger partial charge in [0.15, 0.2) is 0 Å². The van der Waals surface area contributed by atoms with Crippen molar-refractivity contribution >= 4 is 15.9 Å². The number of alkyl halides is 4. The standard InChI is InChI=1S/C8H13BrF3N/c9-4-1-5-13(7-2-3-7)6-8(10,11)12/h7H,1-6H2. The van der Waals surface area contributed by atoms with E-state index in [9.17, 15) is 13.2 Å². The minimum absolute atomic E-state index is 0.195. The van der Waals surface area contributed by atoms with Crippen molar-refractivity contribution in [3.63, 3.8) is 0 Å². The molecule has 0 aromatic rings. The quantitative estimate of drug-likeness (QED) is 0.687. The lowest BCUT2D eigenvalue weighted by atomic mass is 10.4. The van der Waals surface area contributed by atoms with Crippen molar-refractivity contribution in [1.29, 1.82) is 0 Å². The Bertz CT molecular complexity index is 156. The second-order valence-electron chi connectivity index (χ2n) is 3.36. The zero-order chi connectivity index (χ0) is 9.90. The van der Waals surface area contributed by atoms with Gasteiger partial charge in [0, 0.05) is 11.4 Å². The molecule has 0 spiro atoms. The molecule has 0 bridgehead atoms. The van der Waals surface area contributed by atoms with Crippen LogP contribution in [0.5, 0.6) is 0 Å². The maximum Gasteiger partial charge on any atom is 0.401 e. The smallest absolute Gasteiger partial charge is 0.292 e. The van der Waals surface area contributed by atoms with Gasteiger partial charge >= 0.3 is 6.18 Å². The molecule has 1 fully saturated rings. The summed E-state index contributed by atoms with van der Waals surface area (Å²) in [6.45, 7) is -0.194. The van der Waals surface area contributed by atoms with Gasteiger partial charge in [0.05, 0.1) is 6.54 Å². The van der Waals surface area contributed by atoms with Crippen molar-refractivity contribution in [2.75, 3.05) is 18.4 Å². The highest BCUT2D eigenvalue weighted by Crippen LogP contribution is 2.30. The fraction of sp³-hybridized carbons (Fsp3) is 1.00. The van der Waals surface area contributed by atoms with E-state index in [-0.39, 0.29) is 6.04 Å². The molecule has 1 nitrogen and oxygen atoms in total.